The van der Waals surface area contributed by atoms with E-state index in [0.29, 0.717) is 37.4 Å². The maximum atomic E-state index is 13.3. The molecule has 0 aliphatic heterocycles. The highest BCUT2D eigenvalue weighted by atomic mass is 32.2. The topological polar surface area (TPSA) is 96.0 Å². The number of carbonyl (C=O) groups is 2. The molecule has 198 valence electrons. The number of sulfonamides is 1. The summed E-state index contributed by atoms with van der Waals surface area (Å²) < 4.78 is 31.4. The minimum absolute atomic E-state index is 0.122. The van der Waals surface area contributed by atoms with E-state index in [1.54, 1.807) is 36.1 Å². The van der Waals surface area contributed by atoms with Crippen molar-refractivity contribution in [3.63, 3.8) is 0 Å². The van der Waals surface area contributed by atoms with Crippen LogP contribution in [0.15, 0.2) is 54.6 Å². The second-order valence-corrected chi connectivity index (χ2v) is 10.7. The molecule has 8 nitrogen and oxygen atoms in total. The van der Waals surface area contributed by atoms with Crippen molar-refractivity contribution in [1.82, 2.24) is 10.2 Å². The van der Waals surface area contributed by atoms with Gasteiger partial charge in [-0.15, -0.1) is 0 Å². The second kappa shape index (κ2) is 14.5. The van der Waals surface area contributed by atoms with Crippen LogP contribution in [0.3, 0.4) is 0 Å². The summed E-state index contributed by atoms with van der Waals surface area (Å²) in [5.74, 6) is 0.189. The number of amides is 2. The first kappa shape index (κ1) is 29.2. The number of benzene rings is 2. The number of nitrogens with zero attached hydrogens (tertiary/aromatic N) is 2. The number of rotatable bonds is 15. The fraction of sp³-hybridized carbons (Fsp3) is 0.481. The van der Waals surface area contributed by atoms with Gasteiger partial charge in [-0.2, -0.15) is 0 Å². The molecule has 0 saturated heterocycles. The Labute approximate surface area is 215 Å². The fourth-order valence-corrected chi connectivity index (χ4v) is 4.83. The Balaban J connectivity index is 2.09. The summed E-state index contributed by atoms with van der Waals surface area (Å²) in [7, 11) is -2.04. The Morgan fingerprint density at radius 3 is 2.39 bits per heavy atom. The Morgan fingerprint density at radius 1 is 1.03 bits per heavy atom. The van der Waals surface area contributed by atoms with Gasteiger partial charge in [0.15, 0.2) is 0 Å². The average Bonchev–Trinajstić information content (AvgIpc) is 2.86. The number of nitrogens with one attached hydrogen (secondary N) is 1. The molecule has 2 amide bonds. The molecule has 0 saturated carbocycles. The standard InChI is InChI=1S/C27H39N3O5S/c1-5-6-18-28-27(32)22(2)29(20-17-23-12-8-7-9-13-23)26(31)16-11-19-30(36(4,33)34)24-14-10-15-25(21-24)35-3/h7-10,12-15,21-22H,5-6,11,16-20H2,1-4H3,(H,28,32)/t22-/m1/s1. The smallest absolute Gasteiger partial charge is 0.242 e. The third-order valence-corrected chi connectivity index (χ3v) is 7.17. The zero-order valence-corrected chi connectivity index (χ0v) is 22.6. The molecule has 1 N–H and O–H groups in total. The third kappa shape index (κ3) is 9.18. The average molecular weight is 518 g/mol. The normalized spacial score (nSPS) is 12.0. The predicted molar refractivity (Wildman–Crippen MR) is 144 cm³/mol. The van der Waals surface area contributed by atoms with E-state index < -0.39 is 16.1 Å². The Hall–Kier alpha value is -3.07. The van der Waals surface area contributed by atoms with Gasteiger partial charge in [-0.3, -0.25) is 13.9 Å². The minimum atomic E-state index is -3.56. The van der Waals surface area contributed by atoms with Gasteiger partial charge in [0.1, 0.15) is 11.8 Å². The summed E-state index contributed by atoms with van der Waals surface area (Å²) in [6.45, 7) is 4.91. The first-order valence-corrected chi connectivity index (χ1v) is 14.2. The second-order valence-electron chi connectivity index (χ2n) is 8.78. The Bertz CT molecular complexity index is 1080. The summed E-state index contributed by atoms with van der Waals surface area (Å²) in [5.41, 5.74) is 1.56. The molecule has 36 heavy (non-hydrogen) atoms. The summed E-state index contributed by atoms with van der Waals surface area (Å²) in [6, 6.07) is 16.0. The van der Waals surface area contributed by atoms with Crippen molar-refractivity contribution in [1.29, 1.82) is 0 Å². The predicted octanol–water partition coefficient (Wildman–Crippen LogP) is 3.62. The lowest BCUT2D eigenvalue weighted by Gasteiger charge is -2.29. The van der Waals surface area contributed by atoms with E-state index in [-0.39, 0.29) is 24.8 Å². The van der Waals surface area contributed by atoms with Crippen LogP contribution in [0, 0.1) is 0 Å². The molecule has 0 radical (unpaired) electrons. The van der Waals surface area contributed by atoms with Crippen LogP contribution in [0.5, 0.6) is 5.75 Å². The van der Waals surface area contributed by atoms with Crippen molar-refractivity contribution in [2.24, 2.45) is 0 Å². The van der Waals surface area contributed by atoms with E-state index in [2.05, 4.69) is 12.2 Å². The molecule has 0 aliphatic carbocycles. The summed E-state index contributed by atoms with van der Waals surface area (Å²) in [5, 5.41) is 2.91. The van der Waals surface area contributed by atoms with Crippen molar-refractivity contribution in [2.75, 3.05) is 37.3 Å². The van der Waals surface area contributed by atoms with Gasteiger partial charge >= 0.3 is 0 Å². The van der Waals surface area contributed by atoms with Crippen LogP contribution in [-0.4, -0.2) is 64.2 Å². The Kier molecular flexibility index (Phi) is 11.7. The number of unbranched alkanes of at least 4 members (excludes halogenated alkanes) is 1. The number of anilines is 1. The van der Waals surface area contributed by atoms with Gasteiger partial charge in [0.25, 0.3) is 0 Å². The molecule has 0 fully saturated rings. The molecule has 2 rings (SSSR count). The van der Waals surface area contributed by atoms with Crippen LogP contribution in [-0.2, 0) is 26.0 Å². The number of carbonyl (C=O) groups excluding carboxylic acids is 2. The van der Waals surface area contributed by atoms with Crippen LogP contribution in [0.4, 0.5) is 5.69 Å². The van der Waals surface area contributed by atoms with E-state index >= 15 is 0 Å². The number of hydrogen-bond donors (Lipinski definition) is 1. The number of ether oxygens (including phenoxy) is 1. The summed E-state index contributed by atoms with van der Waals surface area (Å²) in [6.07, 6.45) is 4.05. The van der Waals surface area contributed by atoms with Gasteiger partial charge < -0.3 is 15.0 Å². The highest BCUT2D eigenvalue weighted by Gasteiger charge is 2.26. The van der Waals surface area contributed by atoms with Gasteiger partial charge in [-0.05, 0) is 43.9 Å². The molecule has 0 unspecified atom stereocenters. The maximum absolute atomic E-state index is 13.3. The lowest BCUT2D eigenvalue weighted by molar-refractivity contribution is -0.139. The molecule has 0 spiro atoms. The molecule has 0 heterocycles. The van der Waals surface area contributed by atoms with Crippen molar-refractivity contribution in [2.45, 2.75) is 52.0 Å². The van der Waals surface area contributed by atoms with Crippen LogP contribution >= 0.6 is 0 Å². The zero-order chi connectivity index (χ0) is 26.6. The van der Waals surface area contributed by atoms with E-state index in [1.807, 2.05) is 30.3 Å². The third-order valence-electron chi connectivity index (χ3n) is 5.97. The van der Waals surface area contributed by atoms with Gasteiger partial charge in [-0.25, -0.2) is 8.42 Å². The molecule has 0 bridgehead atoms. The zero-order valence-electron chi connectivity index (χ0n) is 21.8. The van der Waals surface area contributed by atoms with E-state index in [9.17, 15) is 18.0 Å². The fourth-order valence-electron chi connectivity index (χ4n) is 3.88. The van der Waals surface area contributed by atoms with Crippen molar-refractivity contribution < 1.29 is 22.7 Å². The van der Waals surface area contributed by atoms with Crippen molar-refractivity contribution >= 4 is 27.5 Å². The molecule has 1 atom stereocenters. The lowest BCUT2D eigenvalue weighted by Crippen LogP contribution is -2.49. The highest BCUT2D eigenvalue weighted by Crippen LogP contribution is 2.23. The summed E-state index contributed by atoms with van der Waals surface area (Å²) >= 11 is 0. The summed E-state index contributed by atoms with van der Waals surface area (Å²) in [4.78, 5) is 27.6. The van der Waals surface area contributed by atoms with Crippen LogP contribution in [0.2, 0.25) is 0 Å². The van der Waals surface area contributed by atoms with E-state index in [0.717, 1.165) is 24.7 Å². The maximum Gasteiger partial charge on any atom is 0.242 e. The SMILES string of the molecule is CCCCNC(=O)[C@@H](C)N(CCc1ccccc1)C(=O)CCCN(c1cccc(OC)c1)S(C)(=O)=O. The van der Waals surface area contributed by atoms with Crippen LogP contribution in [0.1, 0.15) is 45.1 Å². The van der Waals surface area contributed by atoms with E-state index in [1.165, 1.54) is 11.4 Å². The number of methoxy groups -OCH3 is 1. The van der Waals surface area contributed by atoms with E-state index in [4.69, 9.17) is 4.74 Å². The molecule has 2 aromatic carbocycles. The lowest BCUT2D eigenvalue weighted by atomic mass is 10.1. The van der Waals surface area contributed by atoms with Gasteiger partial charge in [0, 0.05) is 32.1 Å². The quantitative estimate of drug-likeness (QED) is 0.364. The monoisotopic (exact) mass is 517 g/mol. The van der Waals surface area contributed by atoms with Crippen molar-refractivity contribution in [3.8, 4) is 5.75 Å². The first-order chi connectivity index (χ1) is 17.2. The van der Waals surface area contributed by atoms with Gasteiger partial charge in [0.2, 0.25) is 21.8 Å². The first-order valence-electron chi connectivity index (χ1n) is 12.4. The Morgan fingerprint density at radius 2 is 1.75 bits per heavy atom. The minimum Gasteiger partial charge on any atom is -0.497 e. The largest absolute Gasteiger partial charge is 0.497 e. The van der Waals surface area contributed by atoms with Crippen LogP contribution < -0.4 is 14.4 Å². The molecular weight excluding hydrogens is 478 g/mol. The molecule has 2 aromatic rings. The molecule has 0 aliphatic rings. The van der Waals surface area contributed by atoms with Crippen LogP contribution in [0.25, 0.3) is 0 Å². The molecule has 0 aromatic heterocycles. The molecular formula is C27H39N3O5S. The highest BCUT2D eigenvalue weighted by molar-refractivity contribution is 7.92. The molecule has 9 heteroatoms. The number of hydrogen-bond acceptors (Lipinski definition) is 5. The van der Waals surface area contributed by atoms with Gasteiger partial charge in [0.05, 0.1) is 19.1 Å². The van der Waals surface area contributed by atoms with Gasteiger partial charge in [-0.1, -0.05) is 49.7 Å². The van der Waals surface area contributed by atoms with Crippen molar-refractivity contribution in [3.05, 3.63) is 60.2 Å².